The standard InChI is InChI=1S/C139H90N8/c1-5-28-87(29-6-1)92-34-26-42-104(73-92)138-140-137(91-32-9-3-10-33-91)141-139(142-138)111-77-105(94-36-23-35-93(68-94)102-62-58-89-56-60-100(89)71-102)74-106(78-111)95-37-24-38-96(69-95)107-75-108(81-115(80-107)146-128-53-20-16-49-120(128)125-85-133-124(86-134(125)146)119-48-15-19-52-127(119)145(133)113-45-27-41-99(79-113)88-30-7-2-8-31-88)97-39-25-40-98(70-97)109-76-110(103-63-59-90-57-61-101(90)72-103)83-116(82-109)147-129-54-21-13-46-117(129)121-65-67-132-135(136(121)147)122-50-17-22-55-130(122)144(132)114-64-66-131-123(84-114)118-47-14-18-51-126(118)143(131)112-43-11-4-12-44-112/h1-55,58-59,62-86H,56-57,60-61H2. The third kappa shape index (κ3) is 14.0. The van der Waals surface area contributed by atoms with Crippen LogP contribution in [0.1, 0.15) is 22.3 Å². The van der Waals surface area contributed by atoms with Gasteiger partial charge < -0.3 is 22.8 Å². The summed E-state index contributed by atoms with van der Waals surface area (Å²) in [4.78, 5) is 16.4. The maximum Gasteiger partial charge on any atom is 0.164 e. The van der Waals surface area contributed by atoms with Crippen LogP contribution in [0.15, 0.2) is 497 Å². The van der Waals surface area contributed by atoms with Gasteiger partial charge in [-0.25, -0.2) is 15.0 Å². The molecule has 0 aliphatic heterocycles. The van der Waals surface area contributed by atoms with Crippen molar-refractivity contribution < 1.29 is 0 Å². The second-order valence-electron chi connectivity index (χ2n) is 39.6. The topological polar surface area (TPSA) is 63.3 Å². The first-order valence-corrected chi connectivity index (χ1v) is 51.0. The molecule has 8 heteroatoms. The van der Waals surface area contributed by atoms with Crippen LogP contribution in [0.25, 0.3) is 272 Å². The Morgan fingerprint density at radius 1 is 0.129 bits per heavy atom. The number of nitrogens with zero attached hydrogens (tertiary/aromatic N) is 8. The number of para-hydroxylation sites is 6. The molecule has 0 unspecified atom stereocenters. The fourth-order valence-electron chi connectivity index (χ4n) is 23.9. The molecule has 2 aliphatic carbocycles. The van der Waals surface area contributed by atoms with Crippen molar-refractivity contribution in [3.8, 4) is 163 Å². The smallest absolute Gasteiger partial charge is 0.164 e. The first-order valence-electron chi connectivity index (χ1n) is 51.0. The Kier molecular flexibility index (Phi) is 19.2. The van der Waals surface area contributed by atoms with Crippen LogP contribution in [0, 0.1) is 0 Å². The summed E-state index contributed by atoms with van der Waals surface area (Å²) in [5.74, 6) is 1.76. The zero-order chi connectivity index (χ0) is 96.4. The Labute approximate surface area is 848 Å². The van der Waals surface area contributed by atoms with E-state index in [0.717, 1.165) is 187 Å². The van der Waals surface area contributed by atoms with E-state index in [0.29, 0.717) is 17.5 Å². The predicted molar refractivity (Wildman–Crippen MR) is 612 cm³/mol. The molecule has 0 N–H and O–H groups in total. The number of aryl methyl sites for hydroxylation is 4. The molecule has 6 heterocycles. The largest absolute Gasteiger partial charge is 0.309 e. The number of rotatable bonds is 17. The van der Waals surface area contributed by atoms with E-state index in [-0.39, 0.29) is 0 Å². The van der Waals surface area contributed by atoms with Crippen molar-refractivity contribution in [1.82, 2.24) is 37.8 Å². The lowest BCUT2D eigenvalue weighted by Gasteiger charge is -2.20. The van der Waals surface area contributed by atoms with Crippen LogP contribution in [0.3, 0.4) is 0 Å². The fourth-order valence-corrected chi connectivity index (χ4v) is 23.9. The Bertz CT molecular complexity index is 10300. The van der Waals surface area contributed by atoms with E-state index in [1.807, 2.05) is 6.07 Å². The molecule has 0 bridgehead atoms. The first kappa shape index (κ1) is 83.6. The highest BCUT2D eigenvalue weighted by molar-refractivity contribution is 6.27. The molecule has 0 saturated carbocycles. The van der Waals surface area contributed by atoms with Crippen LogP contribution in [0.4, 0.5) is 0 Å². The van der Waals surface area contributed by atoms with Gasteiger partial charge in [0.15, 0.2) is 17.5 Å². The van der Waals surface area contributed by atoms with Crippen molar-refractivity contribution in [2.45, 2.75) is 25.7 Å². The van der Waals surface area contributed by atoms with Crippen LogP contribution in [0.5, 0.6) is 0 Å². The van der Waals surface area contributed by atoms with Gasteiger partial charge in [0.1, 0.15) is 0 Å². The summed E-state index contributed by atoms with van der Waals surface area (Å²) < 4.78 is 12.5. The molecular weight excluding hydrogens is 1780 g/mol. The molecule has 8 nitrogen and oxygen atoms in total. The Morgan fingerprint density at radius 2 is 0.415 bits per heavy atom. The van der Waals surface area contributed by atoms with Gasteiger partial charge in [-0.1, -0.05) is 328 Å². The number of hydrogen-bond acceptors (Lipinski definition) is 3. The Hall–Kier alpha value is -19.2. The van der Waals surface area contributed by atoms with Gasteiger partial charge in [0.2, 0.25) is 0 Å². The van der Waals surface area contributed by atoms with Crippen molar-refractivity contribution in [2.24, 2.45) is 0 Å². The molecule has 147 heavy (non-hydrogen) atoms. The predicted octanol–water partition coefficient (Wildman–Crippen LogP) is 35.6. The molecule has 0 atom stereocenters. The number of fused-ring (bicyclic) bond motifs is 18. The van der Waals surface area contributed by atoms with Gasteiger partial charge in [0.05, 0.1) is 55.2 Å². The molecule has 6 aromatic heterocycles. The van der Waals surface area contributed by atoms with E-state index < -0.39 is 0 Å². The molecule has 0 radical (unpaired) electrons. The second kappa shape index (κ2) is 33.8. The molecule has 2 aliphatic rings. The third-order valence-electron chi connectivity index (χ3n) is 31.2. The summed E-state index contributed by atoms with van der Waals surface area (Å²) in [6, 6.07) is 185. The average Bonchev–Trinajstić information content (AvgIpc) is 1.52. The van der Waals surface area contributed by atoms with Crippen molar-refractivity contribution in [1.29, 1.82) is 0 Å². The molecule has 0 saturated heterocycles. The first-order chi connectivity index (χ1) is 72.8. The molecule has 0 fully saturated rings. The molecule has 686 valence electrons. The number of benzene rings is 22. The molecular formula is C139H90N8. The zero-order valence-corrected chi connectivity index (χ0v) is 80.2. The highest BCUT2D eigenvalue weighted by Crippen LogP contribution is 2.50. The normalized spacial score (nSPS) is 12.4. The molecule has 0 spiro atoms. The van der Waals surface area contributed by atoms with E-state index in [1.54, 1.807) is 0 Å². The number of hydrogen-bond donors (Lipinski definition) is 0. The van der Waals surface area contributed by atoms with Gasteiger partial charge in [0, 0.05) is 99.0 Å². The van der Waals surface area contributed by atoms with Crippen molar-refractivity contribution in [3.05, 3.63) is 520 Å². The minimum atomic E-state index is 0.575. The lowest BCUT2D eigenvalue weighted by atomic mass is 9.85. The van der Waals surface area contributed by atoms with Crippen molar-refractivity contribution in [2.75, 3.05) is 0 Å². The number of aromatic nitrogens is 8. The minimum Gasteiger partial charge on any atom is -0.309 e. The summed E-state index contributed by atoms with van der Waals surface area (Å²) in [5.41, 5.74) is 45.3. The molecule has 22 aromatic carbocycles. The van der Waals surface area contributed by atoms with E-state index in [4.69, 9.17) is 15.0 Å². The SMILES string of the molecule is c1ccc(-c2cccc(-c3nc(-c4ccccc4)nc(-c4cc(-c5cccc(-c6cc(-c7cccc(-c8cc(-c9ccc%10c(c9)CC%10)cc(-n9c%10ccccc%10c%10ccc%11c(c%12ccccc%12n%11-c%11ccc%12c(c%11)c%11ccccc%11n%12-c%11ccccc%11)c%109)c8)c7)cc(-n7c8ccccc8c8cc9c(cc87)c7ccccc7n9-c7cccc(-c8ccccc8)c7)c6)c5)cc(-c5cccc(-c6ccc7c(c6)CC7)c5)c4)n3)c2)cc1. The fraction of sp³-hybridized carbons (Fsp3) is 0.0288. The van der Waals surface area contributed by atoms with E-state index in [1.165, 1.54) is 115 Å². The summed E-state index contributed by atoms with van der Waals surface area (Å²) in [7, 11) is 0. The van der Waals surface area contributed by atoms with Gasteiger partial charge in [-0.15, -0.1) is 0 Å². The average molecular weight is 1870 g/mol. The van der Waals surface area contributed by atoms with Gasteiger partial charge >= 0.3 is 0 Å². The maximum absolute atomic E-state index is 5.54. The quantitative estimate of drug-likeness (QED) is 0.0913. The summed E-state index contributed by atoms with van der Waals surface area (Å²) >= 11 is 0. The lowest BCUT2D eigenvalue weighted by Crippen LogP contribution is -2.07. The zero-order valence-electron chi connectivity index (χ0n) is 80.2. The lowest BCUT2D eigenvalue weighted by molar-refractivity contribution is 0.840. The van der Waals surface area contributed by atoms with E-state index in [2.05, 4.69) is 514 Å². The van der Waals surface area contributed by atoms with Gasteiger partial charge in [0.25, 0.3) is 0 Å². The molecule has 28 aromatic rings. The van der Waals surface area contributed by atoms with E-state index in [9.17, 15) is 0 Å². The van der Waals surface area contributed by atoms with Crippen LogP contribution in [0.2, 0.25) is 0 Å². The van der Waals surface area contributed by atoms with Crippen LogP contribution in [-0.2, 0) is 25.7 Å². The van der Waals surface area contributed by atoms with Gasteiger partial charge in [-0.2, -0.15) is 0 Å². The van der Waals surface area contributed by atoms with Crippen LogP contribution < -0.4 is 0 Å². The summed E-state index contributed by atoms with van der Waals surface area (Å²) in [6.07, 6.45) is 4.40. The van der Waals surface area contributed by atoms with Crippen LogP contribution in [-0.4, -0.2) is 37.8 Å². The highest BCUT2D eigenvalue weighted by Gasteiger charge is 2.28. The van der Waals surface area contributed by atoms with Gasteiger partial charge in [-0.3, -0.25) is 0 Å². The Balaban J connectivity index is 0.618. The summed E-state index contributed by atoms with van der Waals surface area (Å²) in [6.45, 7) is 0. The van der Waals surface area contributed by atoms with Crippen molar-refractivity contribution >= 4 is 109 Å². The summed E-state index contributed by atoms with van der Waals surface area (Å²) in [5, 5.41) is 11.9. The van der Waals surface area contributed by atoms with E-state index >= 15 is 0 Å². The van der Waals surface area contributed by atoms with Crippen molar-refractivity contribution in [3.63, 3.8) is 0 Å². The third-order valence-corrected chi connectivity index (χ3v) is 31.2. The highest BCUT2D eigenvalue weighted by atomic mass is 15.1. The second-order valence-corrected chi connectivity index (χ2v) is 39.6. The Morgan fingerprint density at radius 3 is 0.905 bits per heavy atom. The monoisotopic (exact) mass is 1870 g/mol. The molecule has 0 amide bonds. The molecule has 30 rings (SSSR count). The van der Waals surface area contributed by atoms with Gasteiger partial charge in [-0.05, 0) is 318 Å². The van der Waals surface area contributed by atoms with Crippen LogP contribution >= 0.6 is 0 Å². The minimum absolute atomic E-state index is 0.575. The maximum atomic E-state index is 5.54.